The second-order valence-electron chi connectivity index (χ2n) is 7.49. The fourth-order valence-electron chi connectivity index (χ4n) is 3.67. The standard InChI is InChI=1S/C21H29N3O3S/c1-5-27-21(26)15-12-18(14(2)3)28-20(15)22-19(25)13-24-11-7-9-17(24)16-8-6-10-23(16)4/h6,8,10,12,14,17H,5,7,9,11,13H2,1-4H3,(H,22,25)/t17-/m0/s1. The fourth-order valence-corrected chi connectivity index (χ4v) is 4.73. The summed E-state index contributed by atoms with van der Waals surface area (Å²) >= 11 is 1.45. The number of ether oxygens (including phenoxy) is 1. The van der Waals surface area contributed by atoms with Gasteiger partial charge in [0.2, 0.25) is 5.91 Å². The average Bonchev–Trinajstić information content (AvgIpc) is 3.35. The van der Waals surface area contributed by atoms with Crippen LogP contribution in [0, 0.1) is 0 Å². The van der Waals surface area contributed by atoms with Crippen LogP contribution < -0.4 is 5.32 Å². The van der Waals surface area contributed by atoms with Crippen LogP contribution in [0.3, 0.4) is 0 Å². The zero-order chi connectivity index (χ0) is 20.3. The minimum atomic E-state index is -0.385. The van der Waals surface area contributed by atoms with Gasteiger partial charge in [0, 0.05) is 23.8 Å². The molecule has 0 aromatic carbocycles. The van der Waals surface area contributed by atoms with E-state index in [-0.39, 0.29) is 23.8 Å². The van der Waals surface area contributed by atoms with Gasteiger partial charge in [-0.05, 0) is 50.4 Å². The van der Waals surface area contributed by atoms with Crippen LogP contribution in [0.4, 0.5) is 5.00 Å². The fraction of sp³-hybridized carbons (Fsp3) is 0.524. The number of esters is 1. The summed E-state index contributed by atoms with van der Waals surface area (Å²) in [5.74, 6) is -0.197. The molecule has 1 aliphatic rings. The number of anilines is 1. The van der Waals surface area contributed by atoms with Crippen molar-refractivity contribution in [1.29, 1.82) is 0 Å². The first-order valence-corrected chi connectivity index (χ1v) is 10.7. The Bertz CT molecular complexity index is 840. The third kappa shape index (κ3) is 4.47. The Morgan fingerprint density at radius 1 is 1.39 bits per heavy atom. The molecule has 1 N–H and O–H groups in total. The third-order valence-corrected chi connectivity index (χ3v) is 6.46. The predicted molar refractivity (Wildman–Crippen MR) is 112 cm³/mol. The van der Waals surface area contributed by atoms with Crippen molar-refractivity contribution in [2.45, 2.75) is 45.6 Å². The number of carbonyl (C=O) groups is 2. The van der Waals surface area contributed by atoms with Crippen molar-refractivity contribution in [2.75, 3.05) is 25.0 Å². The molecule has 1 fully saturated rings. The SMILES string of the molecule is CCOC(=O)c1cc(C(C)C)sc1NC(=O)CN1CCC[C@H]1c1cccn1C. The molecule has 7 heteroatoms. The monoisotopic (exact) mass is 403 g/mol. The van der Waals surface area contributed by atoms with Crippen LogP contribution in [-0.4, -0.2) is 41.0 Å². The highest BCUT2D eigenvalue weighted by molar-refractivity contribution is 7.16. The van der Waals surface area contributed by atoms with Crippen LogP contribution in [0.1, 0.15) is 66.5 Å². The molecule has 28 heavy (non-hydrogen) atoms. The minimum Gasteiger partial charge on any atom is -0.462 e. The highest BCUT2D eigenvalue weighted by atomic mass is 32.1. The number of thiophene rings is 1. The van der Waals surface area contributed by atoms with Gasteiger partial charge in [-0.2, -0.15) is 0 Å². The van der Waals surface area contributed by atoms with Crippen molar-refractivity contribution in [1.82, 2.24) is 9.47 Å². The second kappa shape index (κ2) is 8.92. The van der Waals surface area contributed by atoms with Crippen molar-refractivity contribution in [3.63, 3.8) is 0 Å². The van der Waals surface area contributed by atoms with E-state index < -0.39 is 0 Å². The molecule has 0 aliphatic carbocycles. The van der Waals surface area contributed by atoms with Crippen LogP contribution in [0.2, 0.25) is 0 Å². The molecular weight excluding hydrogens is 374 g/mol. The second-order valence-corrected chi connectivity index (χ2v) is 8.57. The van der Waals surface area contributed by atoms with Crippen molar-refractivity contribution in [3.8, 4) is 0 Å². The molecule has 0 bridgehead atoms. The van der Waals surface area contributed by atoms with Gasteiger partial charge in [0.15, 0.2) is 0 Å². The Hall–Kier alpha value is -2.12. The van der Waals surface area contributed by atoms with E-state index in [1.165, 1.54) is 17.0 Å². The number of rotatable bonds is 7. The summed E-state index contributed by atoms with van der Waals surface area (Å²) in [7, 11) is 2.04. The molecule has 6 nitrogen and oxygen atoms in total. The van der Waals surface area contributed by atoms with Crippen molar-refractivity contribution < 1.29 is 14.3 Å². The van der Waals surface area contributed by atoms with E-state index in [1.807, 2.05) is 25.4 Å². The van der Waals surface area contributed by atoms with Gasteiger partial charge in [0.1, 0.15) is 5.00 Å². The van der Waals surface area contributed by atoms with Crippen LogP contribution in [0.15, 0.2) is 24.4 Å². The van der Waals surface area contributed by atoms with Crippen LogP contribution in [0.25, 0.3) is 0 Å². The maximum atomic E-state index is 12.8. The summed E-state index contributed by atoms with van der Waals surface area (Å²) in [6, 6.07) is 6.25. The van der Waals surface area contributed by atoms with Crippen molar-refractivity contribution in [2.24, 2.45) is 7.05 Å². The molecule has 1 atom stereocenters. The molecule has 1 amide bonds. The molecule has 0 saturated carbocycles. The molecule has 0 spiro atoms. The van der Waals surface area contributed by atoms with Crippen molar-refractivity contribution in [3.05, 3.63) is 40.5 Å². The van der Waals surface area contributed by atoms with Gasteiger partial charge in [0.25, 0.3) is 0 Å². The van der Waals surface area contributed by atoms with Crippen LogP contribution in [0.5, 0.6) is 0 Å². The van der Waals surface area contributed by atoms with Crippen molar-refractivity contribution >= 4 is 28.2 Å². The number of amides is 1. The first-order valence-electron chi connectivity index (χ1n) is 9.86. The van der Waals surface area contributed by atoms with E-state index in [4.69, 9.17) is 4.74 Å². The topological polar surface area (TPSA) is 63.6 Å². The Morgan fingerprint density at radius 3 is 2.82 bits per heavy atom. The number of nitrogens with one attached hydrogen (secondary N) is 1. The van der Waals surface area contributed by atoms with E-state index in [9.17, 15) is 9.59 Å². The molecule has 2 aromatic rings. The van der Waals surface area contributed by atoms with Gasteiger partial charge in [-0.25, -0.2) is 4.79 Å². The summed E-state index contributed by atoms with van der Waals surface area (Å²) in [5.41, 5.74) is 1.68. The molecule has 1 saturated heterocycles. The van der Waals surface area contributed by atoms with Crippen LogP contribution >= 0.6 is 11.3 Å². The quantitative estimate of drug-likeness (QED) is 0.705. The number of hydrogen-bond acceptors (Lipinski definition) is 5. The zero-order valence-corrected chi connectivity index (χ0v) is 17.8. The average molecular weight is 404 g/mol. The van der Waals surface area contributed by atoms with E-state index >= 15 is 0 Å². The number of carbonyl (C=O) groups excluding carboxylic acids is 2. The number of aromatic nitrogens is 1. The van der Waals surface area contributed by atoms with E-state index in [0.29, 0.717) is 23.7 Å². The zero-order valence-electron chi connectivity index (χ0n) is 17.0. The summed E-state index contributed by atoms with van der Waals surface area (Å²) in [6.45, 7) is 7.44. The summed E-state index contributed by atoms with van der Waals surface area (Å²) in [4.78, 5) is 28.3. The summed E-state index contributed by atoms with van der Waals surface area (Å²) < 4.78 is 7.28. The Labute approximate surface area is 170 Å². The Morgan fingerprint density at radius 2 is 2.18 bits per heavy atom. The molecule has 3 heterocycles. The largest absolute Gasteiger partial charge is 0.462 e. The molecule has 2 aromatic heterocycles. The molecule has 0 unspecified atom stereocenters. The summed E-state index contributed by atoms with van der Waals surface area (Å²) in [5, 5.41) is 3.55. The molecule has 1 aliphatic heterocycles. The number of nitrogens with zero attached hydrogens (tertiary/aromatic N) is 2. The molecule has 152 valence electrons. The highest BCUT2D eigenvalue weighted by Crippen LogP contribution is 2.34. The van der Waals surface area contributed by atoms with Gasteiger partial charge >= 0.3 is 5.97 Å². The smallest absolute Gasteiger partial charge is 0.341 e. The van der Waals surface area contributed by atoms with Gasteiger partial charge in [0.05, 0.1) is 24.8 Å². The molecular formula is C21H29N3O3S. The molecule has 0 radical (unpaired) electrons. The predicted octanol–water partition coefficient (Wildman–Crippen LogP) is 4.16. The van der Waals surface area contributed by atoms with Gasteiger partial charge < -0.3 is 14.6 Å². The maximum Gasteiger partial charge on any atom is 0.341 e. The van der Waals surface area contributed by atoms with Gasteiger partial charge in [-0.3, -0.25) is 9.69 Å². The highest BCUT2D eigenvalue weighted by Gasteiger charge is 2.29. The third-order valence-electron chi connectivity index (χ3n) is 5.10. The lowest BCUT2D eigenvalue weighted by molar-refractivity contribution is -0.117. The first-order chi connectivity index (χ1) is 13.4. The van der Waals surface area contributed by atoms with Gasteiger partial charge in [-0.1, -0.05) is 13.8 Å². The number of hydrogen-bond donors (Lipinski definition) is 1. The first kappa shape index (κ1) is 20.6. The molecule has 3 rings (SSSR count). The number of aryl methyl sites for hydroxylation is 1. The lowest BCUT2D eigenvalue weighted by Gasteiger charge is -2.24. The van der Waals surface area contributed by atoms with E-state index in [1.54, 1.807) is 6.92 Å². The lowest BCUT2D eigenvalue weighted by atomic mass is 10.1. The maximum absolute atomic E-state index is 12.8. The Balaban J connectivity index is 1.72. The lowest BCUT2D eigenvalue weighted by Crippen LogP contribution is -2.33. The van der Waals surface area contributed by atoms with Crippen LogP contribution in [-0.2, 0) is 16.6 Å². The van der Waals surface area contributed by atoms with E-state index in [0.717, 1.165) is 24.3 Å². The van der Waals surface area contributed by atoms with E-state index in [2.05, 4.69) is 34.7 Å². The summed E-state index contributed by atoms with van der Waals surface area (Å²) in [6.07, 6.45) is 4.17. The minimum absolute atomic E-state index is 0.0937. The Kier molecular flexibility index (Phi) is 6.57. The van der Waals surface area contributed by atoms with Gasteiger partial charge in [-0.15, -0.1) is 11.3 Å². The number of likely N-dealkylation sites (tertiary alicyclic amines) is 1. The normalized spacial score (nSPS) is 17.2.